The molecule has 0 bridgehead atoms. The van der Waals surface area contributed by atoms with Crippen molar-refractivity contribution in [3.63, 3.8) is 0 Å². The highest BCUT2D eigenvalue weighted by Crippen LogP contribution is 2.28. The predicted octanol–water partition coefficient (Wildman–Crippen LogP) is 4.12. The highest BCUT2D eigenvalue weighted by molar-refractivity contribution is 8.38. The second kappa shape index (κ2) is 9.25. The molecular formula is C20H23N5OS2. The lowest BCUT2D eigenvalue weighted by atomic mass is 10.1. The Morgan fingerprint density at radius 2 is 1.89 bits per heavy atom. The third-order valence-corrected chi connectivity index (χ3v) is 6.48. The maximum Gasteiger partial charge on any atom is 0.368 e. The third kappa shape index (κ3) is 4.56. The summed E-state index contributed by atoms with van der Waals surface area (Å²) in [6.45, 7) is 4.18. The van der Waals surface area contributed by atoms with Crippen molar-refractivity contribution in [1.82, 2.24) is 19.8 Å². The SMILES string of the molecule is CCc1ccc(/N=C(/SC)SCc2c(C)cccc2-n2nnn(C)c2=O)cc1. The fraction of sp³-hybridized carbons (Fsp3) is 0.300. The standard InChI is InChI=1S/C20H23N5OS2/c1-5-15-9-11-16(12-10-15)21-19(27-4)28-13-17-14(2)7-6-8-18(17)25-20(26)24(3)22-23-25/h6-12H,5,13H2,1-4H3/b21-19-. The molecule has 28 heavy (non-hydrogen) atoms. The van der Waals surface area contributed by atoms with Crippen LogP contribution in [0.1, 0.15) is 23.6 Å². The Hall–Kier alpha value is -2.32. The van der Waals surface area contributed by atoms with E-state index in [0.29, 0.717) is 5.75 Å². The molecule has 3 aromatic rings. The smallest absolute Gasteiger partial charge is 0.244 e. The number of tetrazole rings is 1. The van der Waals surface area contributed by atoms with E-state index in [1.165, 1.54) is 14.9 Å². The van der Waals surface area contributed by atoms with E-state index in [0.717, 1.165) is 33.3 Å². The quantitative estimate of drug-likeness (QED) is 0.465. The molecule has 0 fully saturated rings. The van der Waals surface area contributed by atoms with Crippen molar-refractivity contribution in [2.45, 2.75) is 26.0 Å². The summed E-state index contributed by atoms with van der Waals surface area (Å²) >= 11 is 3.28. The minimum absolute atomic E-state index is 0.258. The molecule has 0 aliphatic rings. The molecule has 0 amide bonds. The van der Waals surface area contributed by atoms with Crippen molar-refractivity contribution in [2.24, 2.45) is 12.0 Å². The molecule has 0 atom stereocenters. The number of rotatable bonds is 5. The van der Waals surface area contributed by atoms with Crippen LogP contribution in [0.3, 0.4) is 0 Å². The Kier molecular flexibility index (Phi) is 6.74. The summed E-state index contributed by atoms with van der Waals surface area (Å²) in [5, 5.41) is 7.82. The van der Waals surface area contributed by atoms with Crippen LogP contribution in [-0.2, 0) is 19.2 Å². The van der Waals surface area contributed by atoms with Gasteiger partial charge in [-0.1, -0.05) is 43.0 Å². The molecule has 0 unspecified atom stereocenters. The number of aliphatic imine (C=N–C) groups is 1. The van der Waals surface area contributed by atoms with Crippen molar-refractivity contribution in [3.05, 3.63) is 69.6 Å². The Labute approximate surface area is 173 Å². The molecule has 0 saturated carbocycles. The van der Waals surface area contributed by atoms with Gasteiger partial charge in [0.25, 0.3) is 0 Å². The van der Waals surface area contributed by atoms with Crippen molar-refractivity contribution in [1.29, 1.82) is 0 Å². The van der Waals surface area contributed by atoms with Gasteiger partial charge in [0.05, 0.1) is 11.4 Å². The van der Waals surface area contributed by atoms with Crippen molar-refractivity contribution in [2.75, 3.05) is 6.26 Å². The van der Waals surface area contributed by atoms with E-state index < -0.39 is 0 Å². The maximum absolute atomic E-state index is 12.3. The largest absolute Gasteiger partial charge is 0.368 e. The lowest BCUT2D eigenvalue weighted by Gasteiger charge is -2.11. The number of benzene rings is 2. The molecule has 0 radical (unpaired) electrons. The second-order valence-corrected chi connectivity index (χ2v) is 8.28. The molecular weight excluding hydrogens is 390 g/mol. The molecule has 0 aliphatic heterocycles. The van der Waals surface area contributed by atoms with Crippen LogP contribution in [0.15, 0.2) is 52.3 Å². The summed E-state index contributed by atoms with van der Waals surface area (Å²) in [7, 11) is 1.60. The lowest BCUT2D eigenvalue weighted by molar-refractivity contribution is 0.692. The van der Waals surface area contributed by atoms with E-state index in [1.54, 1.807) is 30.6 Å². The summed E-state index contributed by atoms with van der Waals surface area (Å²) in [5.41, 5.74) is 4.92. The highest BCUT2D eigenvalue weighted by Gasteiger charge is 2.14. The van der Waals surface area contributed by atoms with Crippen LogP contribution >= 0.6 is 23.5 Å². The molecule has 3 rings (SSSR count). The van der Waals surface area contributed by atoms with Crippen LogP contribution in [0.5, 0.6) is 0 Å². The molecule has 8 heteroatoms. The summed E-state index contributed by atoms with van der Waals surface area (Å²) in [4.78, 5) is 17.0. The van der Waals surface area contributed by atoms with Gasteiger partial charge in [-0.2, -0.15) is 9.36 Å². The molecule has 1 aromatic heterocycles. The van der Waals surface area contributed by atoms with E-state index in [4.69, 9.17) is 4.99 Å². The Morgan fingerprint density at radius 1 is 1.14 bits per heavy atom. The fourth-order valence-corrected chi connectivity index (χ4v) is 4.38. The Bertz CT molecular complexity index is 1040. The van der Waals surface area contributed by atoms with E-state index in [1.807, 2.05) is 43.5 Å². The zero-order chi connectivity index (χ0) is 20.1. The van der Waals surface area contributed by atoms with Crippen LogP contribution in [-0.4, -0.2) is 30.4 Å². The van der Waals surface area contributed by atoms with E-state index in [-0.39, 0.29) is 5.69 Å². The van der Waals surface area contributed by atoms with Crippen LogP contribution in [0.2, 0.25) is 0 Å². The minimum Gasteiger partial charge on any atom is -0.244 e. The van der Waals surface area contributed by atoms with Crippen molar-refractivity contribution < 1.29 is 0 Å². The topological polar surface area (TPSA) is 65.1 Å². The second-order valence-electron chi connectivity index (χ2n) is 6.26. The number of aryl methyl sites for hydroxylation is 3. The van der Waals surface area contributed by atoms with Crippen LogP contribution in [0.25, 0.3) is 5.69 Å². The van der Waals surface area contributed by atoms with Gasteiger partial charge in [-0.3, -0.25) is 0 Å². The first kappa shape index (κ1) is 20.4. The first-order valence-corrected chi connectivity index (χ1v) is 11.2. The van der Waals surface area contributed by atoms with Crippen LogP contribution < -0.4 is 5.69 Å². The van der Waals surface area contributed by atoms with Gasteiger partial charge in [-0.25, -0.2) is 9.79 Å². The van der Waals surface area contributed by atoms with Gasteiger partial charge in [-0.15, -0.1) is 11.8 Å². The van der Waals surface area contributed by atoms with Gasteiger partial charge in [0, 0.05) is 12.8 Å². The van der Waals surface area contributed by atoms with E-state index in [2.05, 4.69) is 29.5 Å². The molecule has 0 spiro atoms. The van der Waals surface area contributed by atoms with E-state index in [9.17, 15) is 4.79 Å². The van der Waals surface area contributed by atoms with Gasteiger partial charge in [0.2, 0.25) is 0 Å². The first-order valence-electron chi connectivity index (χ1n) is 8.95. The number of nitrogens with zero attached hydrogens (tertiary/aromatic N) is 5. The van der Waals surface area contributed by atoms with Crippen molar-refractivity contribution in [3.8, 4) is 5.69 Å². The van der Waals surface area contributed by atoms with Gasteiger partial charge in [0.15, 0.2) is 0 Å². The first-order chi connectivity index (χ1) is 13.5. The van der Waals surface area contributed by atoms with Crippen molar-refractivity contribution >= 4 is 33.6 Å². The number of aromatic nitrogens is 4. The summed E-state index contributed by atoms with van der Waals surface area (Å²) in [6.07, 6.45) is 3.05. The Balaban J connectivity index is 1.85. The fourth-order valence-electron chi connectivity index (χ4n) is 2.72. The molecule has 0 saturated heterocycles. The van der Waals surface area contributed by atoms with Gasteiger partial charge >= 0.3 is 5.69 Å². The molecule has 146 valence electrons. The molecule has 0 aliphatic carbocycles. The predicted molar refractivity (Wildman–Crippen MR) is 119 cm³/mol. The number of thioether (sulfide) groups is 2. The molecule has 6 nitrogen and oxygen atoms in total. The van der Waals surface area contributed by atoms with Gasteiger partial charge in [-0.05, 0) is 64.9 Å². The monoisotopic (exact) mass is 413 g/mol. The average Bonchev–Trinajstić information content (AvgIpc) is 3.04. The lowest BCUT2D eigenvalue weighted by Crippen LogP contribution is -2.23. The van der Waals surface area contributed by atoms with Crippen LogP contribution in [0.4, 0.5) is 5.69 Å². The molecule has 2 aromatic carbocycles. The maximum atomic E-state index is 12.3. The van der Waals surface area contributed by atoms with Crippen LogP contribution in [0, 0.1) is 6.92 Å². The zero-order valence-corrected chi connectivity index (χ0v) is 18.0. The summed E-state index contributed by atoms with van der Waals surface area (Å²) < 4.78 is 3.56. The summed E-state index contributed by atoms with van der Waals surface area (Å²) in [5.74, 6) is 0.692. The number of hydrogen-bond acceptors (Lipinski definition) is 6. The normalized spacial score (nSPS) is 11.8. The van der Waals surface area contributed by atoms with Gasteiger partial charge in [0.1, 0.15) is 4.38 Å². The van der Waals surface area contributed by atoms with Gasteiger partial charge < -0.3 is 0 Å². The number of hydrogen-bond donors (Lipinski definition) is 0. The highest BCUT2D eigenvalue weighted by atomic mass is 32.2. The summed E-state index contributed by atoms with van der Waals surface area (Å²) in [6, 6.07) is 14.2. The Morgan fingerprint density at radius 3 is 2.50 bits per heavy atom. The molecule has 1 heterocycles. The van der Waals surface area contributed by atoms with E-state index >= 15 is 0 Å². The zero-order valence-electron chi connectivity index (χ0n) is 16.4. The average molecular weight is 414 g/mol. The molecule has 0 N–H and O–H groups in total. The third-order valence-electron chi connectivity index (χ3n) is 4.41. The minimum atomic E-state index is -0.258.